The molecule has 0 aromatic heterocycles. The predicted molar refractivity (Wildman–Crippen MR) is 63.4 cm³/mol. The molecule has 0 aromatic carbocycles. The van der Waals surface area contributed by atoms with Gasteiger partial charge < -0.3 is 15.2 Å². The Morgan fingerprint density at radius 1 is 1.12 bits per heavy atom. The monoisotopic (exact) mass is 228 g/mol. The maximum Gasteiger partial charge on any atom is 0.0597 e. The highest BCUT2D eigenvalue weighted by molar-refractivity contribution is 4.74. The summed E-state index contributed by atoms with van der Waals surface area (Å²) >= 11 is 0. The summed E-state index contributed by atoms with van der Waals surface area (Å²) in [4.78, 5) is 2.41. The molecular formula is C12H24N2O2. The molecule has 0 atom stereocenters. The third-order valence-corrected chi connectivity index (χ3v) is 3.58. The summed E-state index contributed by atoms with van der Waals surface area (Å²) in [6, 6.07) is 0.416. The normalized spacial score (nSPS) is 32.8. The van der Waals surface area contributed by atoms with Gasteiger partial charge >= 0.3 is 0 Å². The van der Waals surface area contributed by atoms with Crippen LogP contribution in [-0.4, -0.2) is 56.5 Å². The van der Waals surface area contributed by atoms with E-state index < -0.39 is 0 Å². The summed E-state index contributed by atoms with van der Waals surface area (Å²) in [5.74, 6) is 0. The molecule has 0 bridgehead atoms. The first kappa shape index (κ1) is 12.3. The zero-order valence-electron chi connectivity index (χ0n) is 10.1. The molecule has 1 heterocycles. The van der Waals surface area contributed by atoms with Gasteiger partial charge in [-0.3, -0.25) is 4.90 Å². The Balaban J connectivity index is 1.53. The van der Waals surface area contributed by atoms with E-state index in [2.05, 4.69) is 4.90 Å². The number of hydrogen-bond acceptors (Lipinski definition) is 4. The largest absolute Gasteiger partial charge is 0.379 e. The maximum absolute atomic E-state index is 5.90. The minimum atomic E-state index is 0.416. The van der Waals surface area contributed by atoms with E-state index in [4.69, 9.17) is 15.2 Å². The smallest absolute Gasteiger partial charge is 0.0597 e. The van der Waals surface area contributed by atoms with Crippen molar-refractivity contribution in [3.05, 3.63) is 0 Å². The zero-order valence-corrected chi connectivity index (χ0v) is 10.1. The van der Waals surface area contributed by atoms with Crippen LogP contribution in [0.1, 0.15) is 25.7 Å². The number of rotatable bonds is 4. The average Bonchev–Trinajstić information content (AvgIpc) is 2.33. The fourth-order valence-corrected chi connectivity index (χ4v) is 2.43. The molecule has 0 radical (unpaired) electrons. The van der Waals surface area contributed by atoms with Gasteiger partial charge in [-0.15, -0.1) is 0 Å². The molecule has 2 fully saturated rings. The lowest BCUT2D eigenvalue weighted by molar-refractivity contribution is -0.00976. The van der Waals surface area contributed by atoms with Crippen molar-refractivity contribution in [2.24, 2.45) is 5.73 Å². The van der Waals surface area contributed by atoms with Gasteiger partial charge in [0.1, 0.15) is 0 Å². The number of nitrogens with zero attached hydrogens (tertiary/aromatic N) is 1. The summed E-state index contributed by atoms with van der Waals surface area (Å²) in [7, 11) is 0. The summed E-state index contributed by atoms with van der Waals surface area (Å²) in [5, 5.41) is 0. The molecule has 16 heavy (non-hydrogen) atoms. The SMILES string of the molecule is NC1CCC(OCCN2CCOCC2)CC1. The van der Waals surface area contributed by atoms with Gasteiger partial charge in [0, 0.05) is 25.7 Å². The first-order valence-electron chi connectivity index (χ1n) is 6.52. The van der Waals surface area contributed by atoms with Crippen molar-refractivity contribution in [3.8, 4) is 0 Å². The van der Waals surface area contributed by atoms with Crippen LogP contribution in [0.2, 0.25) is 0 Å². The molecule has 0 amide bonds. The topological polar surface area (TPSA) is 47.7 Å². The van der Waals surface area contributed by atoms with Gasteiger partial charge in [-0.05, 0) is 25.7 Å². The molecule has 1 aliphatic heterocycles. The molecule has 2 rings (SSSR count). The lowest BCUT2D eigenvalue weighted by atomic mass is 9.94. The molecular weight excluding hydrogens is 204 g/mol. The Morgan fingerprint density at radius 3 is 2.50 bits per heavy atom. The Morgan fingerprint density at radius 2 is 1.81 bits per heavy atom. The molecule has 2 N–H and O–H groups in total. The minimum absolute atomic E-state index is 0.416. The maximum atomic E-state index is 5.90. The molecule has 4 heteroatoms. The second-order valence-electron chi connectivity index (χ2n) is 4.86. The number of morpholine rings is 1. The van der Waals surface area contributed by atoms with Gasteiger partial charge in [-0.25, -0.2) is 0 Å². The van der Waals surface area contributed by atoms with Crippen molar-refractivity contribution in [1.29, 1.82) is 0 Å². The number of nitrogens with two attached hydrogens (primary N) is 1. The fraction of sp³-hybridized carbons (Fsp3) is 1.00. The van der Waals surface area contributed by atoms with Gasteiger partial charge in [0.05, 0.1) is 25.9 Å². The summed E-state index contributed by atoms with van der Waals surface area (Å²) in [6.45, 7) is 5.76. The third kappa shape index (κ3) is 4.01. The average molecular weight is 228 g/mol. The fourth-order valence-electron chi connectivity index (χ4n) is 2.43. The summed E-state index contributed by atoms with van der Waals surface area (Å²) in [6.07, 6.45) is 5.00. The van der Waals surface area contributed by atoms with Gasteiger partial charge in [0.2, 0.25) is 0 Å². The van der Waals surface area contributed by atoms with Crippen LogP contribution in [0.3, 0.4) is 0 Å². The van der Waals surface area contributed by atoms with Crippen LogP contribution in [0.5, 0.6) is 0 Å². The van der Waals surface area contributed by atoms with Crippen LogP contribution < -0.4 is 5.73 Å². The van der Waals surface area contributed by atoms with E-state index >= 15 is 0 Å². The van der Waals surface area contributed by atoms with Crippen LogP contribution in [0.25, 0.3) is 0 Å². The van der Waals surface area contributed by atoms with E-state index in [1.807, 2.05) is 0 Å². The molecule has 0 aromatic rings. The molecule has 0 unspecified atom stereocenters. The van der Waals surface area contributed by atoms with Crippen LogP contribution in [0.4, 0.5) is 0 Å². The molecule has 0 spiro atoms. The molecule has 1 saturated carbocycles. The Kier molecular flexibility index (Phi) is 5.03. The Bertz CT molecular complexity index is 187. The lowest BCUT2D eigenvalue weighted by Crippen LogP contribution is -2.39. The van der Waals surface area contributed by atoms with E-state index in [9.17, 15) is 0 Å². The van der Waals surface area contributed by atoms with Crippen LogP contribution >= 0.6 is 0 Å². The van der Waals surface area contributed by atoms with Gasteiger partial charge in [-0.2, -0.15) is 0 Å². The van der Waals surface area contributed by atoms with Crippen molar-refractivity contribution in [3.63, 3.8) is 0 Å². The van der Waals surface area contributed by atoms with Crippen LogP contribution in [0.15, 0.2) is 0 Å². The van der Waals surface area contributed by atoms with Gasteiger partial charge in [0.15, 0.2) is 0 Å². The van der Waals surface area contributed by atoms with Crippen molar-refractivity contribution in [1.82, 2.24) is 4.90 Å². The van der Waals surface area contributed by atoms with Gasteiger partial charge in [-0.1, -0.05) is 0 Å². The summed E-state index contributed by atoms with van der Waals surface area (Å²) in [5.41, 5.74) is 5.86. The number of hydrogen-bond donors (Lipinski definition) is 1. The third-order valence-electron chi connectivity index (χ3n) is 3.58. The second kappa shape index (κ2) is 6.55. The van der Waals surface area contributed by atoms with Crippen molar-refractivity contribution >= 4 is 0 Å². The lowest BCUT2D eigenvalue weighted by Gasteiger charge is -2.29. The Labute approximate surface area is 98.1 Å². The van der Waals surface area contributed by atoms with E-state index in [1.165, 1.54) is 0 Å². The van der Waals surface area contributed by atoms with E-state index in [0.29, 0.717) is 12.1 Å². The van der Waals surface area contributed by atoms with Crippen LogP contribution in [0, 0.1) is 0 Å². The van der Waals surface area contributed by atoms with Crippen molar-refractivity contribution in [2.45, 2.75) is 37.8 Å². The highest BCUT2D eigenvalue weighted by Gasteiger charge is 2.19. The first-order valence-corrected chi connectivity index (χ1v) is 6.52. The predicted octanol–water partition coefficient (Wildman–Crippen LogP) is 0.605. The van der Waals surface area contributed by atoms with Crippen molar-refractivity contribution in [2.75, 3.05) is 39.5 Å². The highest BCUT2D eigenvalue weighted by Crippen LogP contribution is 2.19. The van der Waals surface area contributed by atoms with E-state index in [-0.39, 0.29) is 0 Å². The minimum Gasteiger partial charge on any atom is -0.379 e. The van der Waals surface area contributed by atoms with Crippen LogP contribution in [-0.2, 0) is 9.47 Å². The quantitative estimate of drug-likeness (QED) is 0.765. The standard InChI is InChI=1S/C12H24N2O2/c13-11-1-3-12(4-2-11)16-10-7-14-5-8-15-9-6-14/h11-12H,1-10,13H2. The second-order valence-corrected chi connectivity index (χ2v) is 4.86. The van der Waals surface area contributed by atoms with E-state index in [1.54, 1.807) is 0 Å². The molecule has 1 saturated heterocycles. The molecule has 4 nitrogen and oxygen atoms in total. The first-order chi connectivity index (χ1) is 7.84. The number of ether oxygens (including phenoxy) is 2. The highest BCUT2D eigenvalue weighted by atomic mass is 16.5. The molecule has 94 valence electrons. The summed E-state index contributed by atoms with van der Waals surface area (Å²) < 4.78 is 11.2. The van der Waals surface area contributed by atoms with Gasteiger partial charge in [0.25, 0.3) is 0 Å². The van der Waals surface area contributed by atoms with Crippen molar-refractivity contribution < 1.29 is 9.47 Å². The van der Waals surface area contributed by atoms with E-state index in [0.717, 1.165) is 65.1 Å². The molecule has 1 aliphatic carbocycles. The zero-order chi connectivity index (χ0) is 11.2. The molecule has 2 aliphatic rings. The Hall–Kier alpha value is -0.160.